The van der Waals surface area contributed by atoms with Crippen LogP contribution in [0.15, 0.2) is 43.1 Å². The second-order valence-electron chi connectivity index (χ2n) is 6.49. The molecule has 180 valence electrons. The molecule has 4 rings (SSSR count). The summed E-state index contributed by atoms with van der Waals surface area (Å²) in [6.07, 6.45) is -0.677. The van der Waals surface area contributed by atoms with E-state index in [0.717, 1.165) is 23.3 Å². The molecule has 0 fully saturated rings. The molecule has 0 aliphatic rings. The molecule has 0 aliphatic carbocycles. The van der Waals surface area contributed by atoms with E-state index >= 15 is 0 Å². The molecule has 0 aromatic carbocycles. The number of pyridine rings is 2. The number of nitrogens with one attached hydrogen (secondary N) is 1. The number of carbonyl (C=O) groups excluding carboxylic acids is 2. The fourth-order valence-electron chi connectivity index (χ4n) is 2.88. The second kappa shape index (κ2) is 9.19. The zero-order valence-electron chi connectivity index (χ0n) is 16.9. The highest BCUT2D eigenvalue weighted by Gasteiger charge is 2.41. The molecule has 0 aliphatic heterocycles. The van der Waals surface area contributed by atoms with Gasteiger partial charge in [-0.15, -0.1) is 4.80 Å². The normalized spacial score (nSPS) is 11.3. The predicted molar refractivity (Wildman–Crippen MR) is 114 cm³/mol. The number of alkyl halides is 3. The van der Waals surface area contributed by atoms with E-state index in [2.05, 4.69) is 35.3 Å². The van der Waals surface area contributed by atoms with Crippen molar-refractivity contribution in [1.29, 1.82) is 0 Å². The zero-order chi connectivity index (χ0) is 25.3. The molecular weight excluding hydrogens is 518 g/mol. The largest absolute Gasteiger partial charge is 0.434 e. The minimum Gasteiger partial charge on any atom is -0.390 e. The van der Waals surface area contributed by atoms with Gasteiger partial charge in [-0.25, -0.2) is 19.4 Å². The van der Waals surface area contributed by atoms with Crippen molar-refractivity contribution in [2.45, 2.75) is 6.18 Å². The van der Waals surface area contributed by atoms with E-state index in [1.165, 1.54) is 18.5 Å². The summed E-state index contributed by atoms with van der Waals surface area (Å²) in [5.74, 6) is -1.57. The maximum atomic E-state index is 14.0. The van der Waals surface area contributed by atoms with Crippen LogP contribution < -0.4 is 15.8 Å². The summed E-state index contributed by atoms with van der Waals surface area (Å²) in [6.45, 7) is 0. The number of anilines is 1. The highest BCUT2D eigenvalue weighted by Crippen LogP contribution is 2.37. The monoisotopic (exact) mass is 527 g/mol. The van der Waals surface area contributed by atoms with Gasteiger partial charge in [0.2, 0.25) is 5.88 Å². The highest BCUT2D eigenvalue weighted by molar-refractivity contribution is 6.33. The maximum Gasteiger partial charge on any atom is 0.434 e. The van der Waals surface area contributed by atoms with Crippen LogP contribution in [0, 0.1) is 0 Å². The first-order chi connectivity index (χ1) is 16.6. The van der Waals surface area contributed by atoms with Crippen molar-refractivity contribution in [1.82, 2.24) is 34.7 Å². The van der Waals surface area contributed by atoms with Gasteiger partial charge in [-0.2, -0.15) is 28.5 Å². The van der Waals surface area contributed by atoms with Gasteiger partial charge in [0.15, 0.2) is 11.5 Å². The van der Waals surface area contributed by atoms with E-state index in [1.807, 2.05) is 0 Å². The van der Waals surface area contributed by atoms with Gasteiger partial charge in [0, 0.05) is 6.20 Å². The zero-order valence-corrected chi connectivity index (χ0v) is 18.4. The average Bonchev–Trinajstić information content (AvgIpc) is 3.45. The molecule has 2 amide bonds. The molecule has 3 N–H and O–H groups in total. The van der Waals surface area contributed by atoms with Gasteiger partial charge in [0.05, 0.1) is 46.7 Å². The fourth-order valence-corrected chi connectivity index (χ4v) is 3.36. The number of hydrogen-bond acceptors (Lipinski definition) is 8. The number of nitrogens with two attached hydrogens (primary N) is 1. The van der Waals surface area contributed by atoms with Crippen molar-refractivity contribution in [3.8, 4) is 17.4 Å². The Balaban J connectivity index is 1.70. The minimum absolute atomic E-state index is 0.00383. The van der Waals surface area contributed by atoms with E-state index in [0.29, 0.717) is 10.9 Å². The van der Waals surface area contributed by atoms with Crippen LogP contribution in [0.1, 0.15) is 16.1 Å². The maximum absolute atomic E-state index is 14.0. The number of aromatic nitrogens is 7. The van der Waals surface area contributed by atoms with Crippen LogP contribution in [0.2, 0.25) is 10.0 Å². The lowest BCUT2D eigenvalue weighted by Crippen LogP contribution is -2.21. The number of hydrogen-bond donors (Lipinski definition) is 2. The number of nitrogens with zero attached hydrogens (tertiary/aromatic N) is 7. The average molecular weight is 528 g/mol. The summed E-state index contributed by atoms with van der Waals surface area (Å²) in [4.78, 5) is 32.5. The number of amides is 2. The van der Waals surface area contributed by atoms with Gasteiger partial charge in [0.25, 0.3) is 5.91 Å². The Morgan fingerprint density at radius 3 is 2.40 bits per heavy atom. The molecule has 0 radical (unpaired) electrons. The molecule has 0 spiro atoms. The molecule has 17 heteroatoms. The van der Waals surface area contributed by atoms with Crippen molar-refractivity contribution >= 4 is 40.9 Å². The smallest absolute Gasteiger partial charge is 0.390 e. The molecule has 0 atom stereocenters. The van der Waals surface area contributed by atoms with E-state index in [4.69, 9.17) is 28.9 Å². The first-order valence-electron chi connectivity index (χ1n) is 9.17. The number of halogens is 5. The van der Waals surface area contributed by atoms with Crippen LogP contribution in [0.3, 0.4) is 0 Å². The van der Waals surface area contributed by atoms with Crippen molar-refractivity contribution in [2.75, 3.05) is 5.32 Å². The van der Waals surface area contributed by atoms with Gasteiger partial charge >= 0.3 is 12.3 Å². The molecule has 4 heterocycles. The third kappa shape index (κ3) is 4.85. The van der Waals surface area contributed by atoms with Gasteiger partial charge in [-0.3, -0.25) is 4.79 Å². The lowest BCUT2D eigenvalue weighted by atomic mass is 10.2. The first kappa shape index (κ1) is 23.9. The number of ether oxygens (including phenoxy) is 1. The van der Waals surface area contributed by atoms with Gasteiger partial charge < -0.3 is 15.8 Å². The summed E-state index contributed by atoms with van der Waals surface area (Å²) in [7, 11) is 0. The second-order valence-corrected chi connectivity index (χ2v) is 7.27. The number of carbonyl (C=O) groups is 2. The Hall–Kier alpha value is -4.24. The summed E-state index contributed by atoms with van der Waals surface area (Å²) in [5, 5.41) is 13.2. The van der Waals surface area contributed by atoms with Crippen LogP contribution in [-0.2, 0) is 6.18 Å². The third-order valence-corrected chi connectivity index (χ3v) is 4.87. The first-order valence-corrected chi connectivity index (χ1v) is 9.93. The lowest BCUT2D eigenvalue weighted by Gasteiger charge is -2.14. The summed E-state index contributed by atoms with van der Waals surface area (Å²) < 4.78 is 46.9. The molecule has 0 unspecified atom stereocenters. The Morgan fingerprint density at radius 2 is 1.77 bits per heavy atom. The Morgan fingerprint density at radius 1 is 1.06 bits per heavy atom. The number of rotatable bonds is 5. The molecule has 0 saturated carbocycles. The standard InChI is InChI=1S/C18H10Cl2F3N9O3/c19-10-5-8(6-26-14(10)32-27-3-4-28-32)30-15(33)9-7-29-31(13(9)18(21,22)23)11-1-2-25-16(12(11)20)35-17(24)34/h1-7H,(H2,24,34)(H,30,33). The SMILES string of the molecule is NC(=O)Oc1nccc(-n2ncc(C(=O)Nc3cnc(-n4nccn4)c(Cl)c3)c2C(F)(F)F)c1Cl. The van der Waals surface area contributed by atoms with E-state index in [1.54, 1.807) is 0 Å². The topological polar surface area (TPSA) is 156 Å². The Bertz CT molecular complexity index is 1420. The summed E-state index contributed by atoms with van der Waals surface area (Å²) in [6, 6.07) is 2.34. The highest BCUT2D eigenvalue weighted by atomic mass is 35.5. The van der Waals surface area contributed by atoms with Crippen LogP contribution in [-0.4, -0.2) is 46.7 Å². The van der Waals surface area contributed by atoms with Crippen LogP contribution in [0.4, 0.5) is 23.7 Å². The van der Waals surface area contributed by atoms with E-state index in [9.17, 15) is 22.8 Å². The fraction of sp³-hybridized carbons (Fsp3) is 0.0556. The van der Waals surface area contributed by atoms with Gasteiger partial charge in [0.1, 0.15) is 5.02 Å². The third-order valence-electron chi connectivity index (χ3n) is 4.23. The van der Waals surface area contributed by atoms with Crippen LogP contribution >= 0.6 is 23.2 Å². The quantitative estimate of drug-likeness (QED) is 0.400. The van der Waals surface area contributed by atoms with E-state index < -0.39 is 40.3 Å². The molecular formula is C18H10Cl2F3N9O3. The molecule has 35 heavy (non-hydrogen) atoms. The molecule has 0 saturated heterocycles. The molecule has 0 bridgehead atoms. The summed E-state index contributed by atoms with van der Waals surface area (Å²) >= 11 is 12.2. The lowest BCUT2D eigenvalue weighted by molar-refractivity contribution is -0.143. The van der Waals surface area contributed by atoms with Crippen molar-refractivity contribution in [2.24, 2.45) is 5.73 Å². The van der Waals surface area contributed by atoms with Gasteiger partial charge in [-0.1, -0.05) is 23.2 Å². The Labute approximate surface area is 202 Å². The molecule has 4 aromatic heterocycles. The number of primary amides is 1. The molecule has 4 aromatic rings. The molecule has 12 nitrogen and oxygen atoms in total. The van der Waals surface area contributed by atoms with Crippen LogP contribution in [0.5, 0.6) is 5.88 Å². The Kier molecular flexibility index (Phi) is 6.27. The van der Waals surface area contributed by atoms with Crippen molar-refractivity contribution in [3.63, 3.8) is 0 Å². The predicted octanol–water partition coefficient (Wildman–Crippen LogP) is 3.28. The summed E-state index contributed by atoms with van der Waals surface area (Å²) in [5.41, 5.74) is 2.24. The van der Waals surface area contributed by atoms with Crippen molar-refractivity contribution < 1.29 is 27.5 Å². The minimum atomic E-state index is -5.05. The van der Waals surface area contributed by atoms with E-state index in [-0.39, 0.29) is 22.2 Å². The van der Waals surface area contributed by atoms with Crippen molar-refractivity contribution in [3.05, 3.63) is 64.4 Å². The van der Waals surface area contributed by atoms with Crippen LogP contribution in [0.25, 0.3) is 11.5 Å². The van der Waals surface area contributed by atoms with Gasteiger partial charge in [-0.05, 0) is 12.1 Å².